The summed E-state index contributed by atoms with van der Waals surface area (Å²) >= 11 is 0. The molecule has 1 aliphatic carbocycles. The first-order valence-electron chi connectivity index (χ1n) is 7.12. The first kappa shape index (κ1) is 13.1. The molecule has 0 spiro atoms. The second-order valence-electron chi connectivity index (χ2n) is 5.47. The van der Waals surface area contributed by atoms with E-state index in [4.69, 9.17) is 0 Å². The third-order valence-electron chi connectivity index (χ3n) is 4.18. The van der Waals surface area contributed by atoms with Gasteiger partial charge in [0.25, 0.3) is 0 Å². The molecule has 1 aliphatic rings. The molecule has 1 radical (unpaired) electrons. The van der Waals surface area contributed by atoms with Crippen molar-refractivity contribution in [2.45, 2.75) is 84.0 Å². The van der Waals surface area contributed by atoms with E-state index in [1.165, 1.54) is 70.6 Å². The molecule has 0 atom stereocenters. The highest BCUT2D eigenvalue weighted by Crippen LogP contribution is 2.44. The lowest BCUT2D eigenvalue weighted by atomic mass is 9.68. The van der Waals surface area contributed by atoms with Crippen molar-refractivity contribution in [2.24, 2.45) is 5.41 Å². The van der Waals surface area contributed by atoms with Gasteiger partial charge in [-0.25, -0.2) is 0 Å². The van der Waals surface area contributed by atoms with Gasteiger partial charge in [0.1, 0.15) is 0 Å². The third-order valence-corrected chi connectivity index (χ3v) is 4.18. The van der Waals surface area contributed by atoms with Crippen molar-refractivity contribution in [1.82, 2.24) is 0 Å². The first-order chi connectivity index (χ1) is 7.33. The Bertz CT molecular complexity index is 142. The maximum absolute atomic E-state index is 4.00. The minimum Gasteiger partial charge on any atom is -0.0654 e. The highest BCUT2D eigenvalue weighted by molar-refractivity contribution is 4.82. The van der Waals surface area contributed by atoms with E-state index in [0.717, 1.165) is 11.8 Å². The molecule has 1 fully saturated rings. The van der Waals surface area contributed by atoms with Crippen molar-refractivity contribution >= 4 is 0 Å². The van der Waals surface area contributed by atoms with E-state index in [1.807, 2.05) is 0 Å². The van der Waals surface area contributed by atoms with Crippen LogP contribution in [0, 0.1) is 12.3 Å². The molecule has 0 bridgehead atoms. The summed E-state index contributed by atoms with van der Waals surface area (Å²) in [6, 6.07) is 0. The molecule has 0 N–H and O–H groups in total. The van der Waals surface area contributed by atoms with Gasteiger partial charge in [-0.1, -0.05) is 65.2 Å². The van der Waals surface area contributed by atoms with Crippen LogP contribution >= 0.6 is 0 Å². The smallest absolute Gasteiger partial charge is 0.0297 e. The van der Waals surface area contributed by atoms with Crippen LogP contribution in [-0.2, 0) is 0 Å². The fraction of sp³-hybridized carbons (Fsp3) is 0.933. The molecule has 0 aromatic heterocycles. The van der Waals surface area contributed by atoms with Crippen LogP contribution in [0.4, 0.5) is 0 Å². The molecular formula is C15H29. The fourth-order valence-electron chi connectivity index (χ4n) is 3.18. The minimum atomic E-state index is 0.741. The van der Waals surface area contributed by atoms with Crippen LogP contribution in [0.3, 0.4) is 0 Å². The molecule has 1 saturated carbocycles. The number of unbranched alkanes of at least 4 members (excludes halogenated alkanes) is 3. The quantitative estimate of drug-likeness (QED) is 0.484. The van der Waals surface area contributed by atoms with Crippen LogP contribution in [0.5, 0.6) is 0 Å². The molecule has 0 saturated heterocycles. The van der Waals surface area contributed by atoms with Gasteiger partial charge in [-0.3, -0.25) is 0 Å². The molecular weight excluding hydrogens is 180 g/mol. The second-order valence-corrected chi connectivity index (χ2v) is 5.47. The van der Waals surface area contributed by atoms with E-state index >= 15 is 0 Å². The zero-order valence-electron chi connectivity index (χ0n) is 10.7. The second kappa shape index (κ2) is 7.30. The van der Waals surface area contributed by atoms with E-state index in [1.54, 1.807) is 0 Å². The summed E-state index contributed by atoms with van der Waals surface area (Å²) in [4.78, 5) is 0. The summed E-state index contributed by atoms with van der Waals surface area (Å²) in [5.41, 5.74) is 0.741. The van der Waals surface area contributed by atoms with E-state index in [-0.39, 0.29) is 0 Å². The van der Waals surface area contributed by atoms with Crippen LogP contribution < -0.4 is 0 Å². The SMILES string of the molecule is [CH2]CCCC1(CCCCC)CCCCC1. The van der Waals surface area contributed by atoms with Gasteiger partial charge in [0.2, 0.25) is 0 Å². The minimum absolute atomic E-state index is 0.741. The molecule has 0 aliphatic heterocycles. The number of hydrogen-bond donors (Lipinski definition) is 0. The van der Waals surface area contributed by atoms with Crippen LogP contribution in [0.2, 0.25) is 0 Å². The molecule has 0 heteroatoms. The predicted octanol–water partition coefficient (Wildman–Crippen LogP) is 5.52. The molecule has 0 nitrogen and oxygen atoms in total. The molecule has 0 aromatic rings. The lowest BCUT2D eigenvalue weighted by Gasteiger charge is -2.38. The maximum Gasteiger partial charge on any atom is -0.0297 e. The summed E-state index contributed by atoms with van der Waals surface area (Å²) in [5.74, 6) is 0. The van der Waals surface area contributed by atoms with Crippen molar-refractivity contribution in [3.63, 3.8) is 0 Å². The predicted molar refractivity (Wildman–Crippen MR) is 68.9 cm³/mol. The molecule has 0 unspecified atom stereocenters. The standard InChI is InChI=1S/C15H29/c1-3-5-8-12-15(11-6-4-2)13-9-7-10-14-15/h2-14H2,1H3. The van der Waals surface area contributed by atoms with Gasteiger partial charge in [0.05, 0.1) is 0 Å². The third kappa shape index (κ3) is 4.57. The van der Waals surface area contributed by atoms with Crippen molar-refractivity contribution in [3.05, 3.63) is 6.92 Å². The normalized spacial score (nSPS) is 20.4. The monoisotopic (exact) mass is 209 g/mol. The van der Waals surface area contributed by atoms with Gasteiger partial charge >= 0.3 is 0 Å². The van der Waals surface area contributed by atoms with Crippen molar-refractivity contribution in [3.8, 4) is 0 Å². The Morgan fingerprint density at radius 1 is 0.933 bits per heavy atom. The van der Waals surface area contributed by atoms with Crippen molar-refractivity contribution in [2.75, 3.05) is 0 Å². The Labute approximate surface area is 96.8 Å². The molecule has 0 amide bonds. The Morgan fingerprint density at radius 3 is 2.20 bits per heavy atom. The molecule has 0 heterocycles. The summed E-state index contributed by atoms with van der Waals surface area (Å²) in [6.45, 7) is 6.31. The Hall–Kier alpha value is 0. The molecule has 89 valence electrons. The lowest BCUT2D eigenvalue weighted by molar-refractivity contribution is 0.149. The zero-order valence-corrected chi connectivity index (χ0v) is 10.7. The first-order valence-corrected chi connectivity index (χ1v) is 7.12. The number of rotatable bonds is 7. The largest absolute Gasteiger partial charge is 0.0654 e. The van der Waals surface area contributed by atoms with Crippen LogP contribution in [0.25, 0.3) is 0 Å². The Balaban J connectivity index is 2.35. The van der Waals surface area contributed by atoms with Crippen LogP contribution in [0.15, 0.2) is 0 Å². The van der Waals surface area contributed by atoms with Crippen LogP contribution in [0.1, 0.15) is 84.0 Å². The molecule has 1 rings (SSSR count). The zero-order chi connectivity index (χ0) is 11.0. The van der Waals surface area contributed by atoms with Gasteiger partial charge < -0.3 is 0 Å². The average Bonchev–Trinajstić information content (AvgIpc) is 2.28. The summed E-state index contributed by atoms with van der Waals surface area (Å²) in [6.07, 6.45) is 17.2. The summed E-state index contributed by atoms with van der Waals surface area (Å²) in [7, 11) is 0. The molecule has 0 aromatic carbocycles. The van der Waals surface area contributed by atoms with Crippen molar-refractivity contribution < 1.29 is 0 Å². The average molecular weight is 209 g/mol. The maximum atomic E-state index is 4.00. The van der Waals surface area contributed by atoms with Gasteiger partial charge in [0, 0.05) is 0 Å². The fourth-order valence-corrected chi connectivity index (χ4v) is 3.18. The highest BCUT2D eigenvalue weighted by atomic mass is 14.4. The topological polar surface area (TPSA) is 0 Å². The van der Waals surface area contributed by atoms with Gasteiger partial charge in [-0.2, -0.15) is 0 Å². The Morgan fingerprint density at radius 2 is 1.60 bits per heavy atom. The molecule has 15 heavy (non-hydrogen) atoms. The Kier molecular flexibility index (Phi) is 6.36. The van der Waals surface area contributed by atoms with E-state index in [0.29, 0.717) is 0 Å². The van der Waals surface area contributed by atoms with Gasteiger partial charge in [-0.15, -0.1) is 0 Å². The summed E-state index contributed by atoms with van der Waals surface area (Å²) < 4.78 is 0. The van der Waals surface area contributed by atoms with E-state index in [2.05, 4.69) is 13.8 Å². The summed E-state index contributed by atoms with van der Waals surface area (Å²) in [5, 5.41) is 0. The highest BCUT2D eigenvalue weighted by Gasteiger charge is 2.30. The lowest BCUT2D eigenvalue weighted by Crippen LogP contribution is -2.24. The van der Waals surface area contributed by atoms with Crippen LogP contribution in [-0.4, -0.2) is 0 Å². The van der Waals surface area contributed by atoms with E-state index < -0.39 is 0 Å². The van der Waals surface area contributed by atoms with Gasteiger partial charge in [0.15, 0.2) is 0 Å². The van der Waals surface area contributed by atoms with Crippen molar-refractivity contribution in [1.29, 1.82) is 0 Å². The van der Waals surface area contributed by atoms with Gasteiger partial charge in [-0.05, 0) is 31.1 Å². The number of hydrogen-bond acceptors (Lipinski definition) is 0. The van der Waals surface area contributed by atoms with E-state index in [9.17, 15) is 0 Å².